The second-order valence-corrected chi connectivity index (χ2v) is 5.96. The van der Waals surface area contributed by atoms with Gasteiger partial charge in [-0.1, -0.05) is 17.7 Å². The van der Waals surface area contributed by atoms with Crippen molar-refractivity contribution in [2.75, 3.05) is 24.5 Å². The first-order valence-electron chi connectivity index (χ1n) is 7.31. The summed E-state index contributed by atoms with van der Waals surface area (Å²) < 4.78 is 0. The minimum Gasteiger partial charge on any atom is -0.316 e. The molecule has 1 unspecified atom stereocenters. The number of nitrogens with one attached hydrogen (secondary N) is 1. The maximum atomic E-state index is 12.9. The summed E-state index contributed by atoms with van der Waals surface area (Å²) in [6, 6.07) is 8.32. The summed E-state index contributed by atoms with van der Waals surface area (Å²) in [5.74, 6) is 0.329. The van der Waals surface area contributed by atoms with Gasteiger partial charge in [-0.2, -0.15) is 0 Å². The van der Waals surface area contributed by atoms with Crippen LogP contribution in [-0.4, -0.2) is 25.5 Å². The van der Waals surface area contributed by atoms with E-state index in [-0.39, 0.29) is 17.8 Å². The lowest BCUT2D eigenvalue weighted by molar-refractivity contribution is -0.131. The van der Waals surface area contributed by atoms with Crippen LogP contribution >= 0.6 is 12.4 Å². The van der Waals surface area contributed by atoms with E-state index in [1.165, 1.54) is 5.56 Å². The number of anilines is 1. The van der Waals surface area contributed by atoms with Crippen molar-refractivity contribution >= 4 is 24.0 Å². The normalized spacial score (nSPS) is 26.4. The quantitative estimate of drug-likeness (QED) is 0.864. The van der Waals surface area contributed by atoms with E-state index in [1.54, 1.807) is 0 Å². The van der Waals surface area contributed by atoms with Crippen molar-refractivity contribution in [2.45, 2.75) is 32.6 Å². The maximum absolute atomic E-state index is 12.9. The van der Waals surface area contributed by atoms with Crippen molar-refractivity contribution in [3.8, 4) is 0 Å². The second-order valence-electron chi connectivity index (χ2n) is 5.96. The Kier molecular flexibility index (Phi) is 4.71. The van der Waals surface area contributed by atoms with E-state index in [1.807, 2.05) is 4.90 Å². The number of benzene rings is 1. The first-order chi connectivity index (χ1) is 9.21. The van der Waals surface area contributed by atoms with Gasteiger partial charge in [-0.3, -0.25) is 4.79 Å². The summed E-state index contributed by atoms with van der Waals surface area (Å²) >= 11 is 0. The molecule has 2 aliphatic rings. The van der Waals surface area contributed by atoms with E-state index in [4.69, 9.17) is 0 Å². The number of carbonyl (C=O) groups is 1. The summed E-state index contributed by atoms with van der Waals surface area (Å²) in [4.78, 5) is 14.9. The molecule has 3 nitrogen and oxygen atoms in total. The van der Waals surface area contributed by atoms with Crippen LogP contribution in [0, 0.1) is 12.3 Å². The van der Waals surface area contributed by atoms with Crippen LogP contribution in [0.5, 0.6) is 0 Å². The molecule has 2 saturated heterocycles. The Hall–Kier alpha value is -1.06. The van der Waals surface area contributed by atoms with E-state index in [0.29, 0.717) is 5.91 Å². The number of amides is 1. The van der Waals surface area contributed by atoms with Gasteiger partial charge in [0, 0.05) is 18.8 Å². The molecular formula is C16H23ClN2O. The van der Waals surface area contributed by atoms with Crippen molar-refractivity contribution in [1.82, 2.24) is 5.32 Å². The molecule has 0 bridgehead atoms. The molecule has 0 radical (unpaired) electrons. The Bertz CT molecular complexity index is 460. The number of piperidine rings is 2. The van der Waals surface area contributed by atoms with E-state index >= 15 is 0 Å². The van der Waals surface area contributed by atoms with Gasteiger partial charge in [-0.05, 0) is 51.3 Å². The van der Waals surface area contributed by atoms with Crippen molar-refractivity contribution in [3.05, 3.63) is 29.8 Å². The van der Waals surface area contributed by atoms with Gasteiger partial charge in [0.15, 0.2) is 0 Å². The molecule has 2 fully saturated rings. The molecule has 4 heteroatoms. The predicted octanol–water partition coefficient (Wildman–Crippen LogP) is 2.91. The zero-order chi connectivity index (χ0) is 13.3. The van der Waals surface area contributed by atoms with Gasteiger partial charge in [-0.15, -0.1) is 12.4 Å². The molecule has 1 amide bonds. The first kappa shape index (κ1) is 15.3. The average molecular weight is 295 g/mol. The molecule has 1 atom stereocenters. The van der Waals surface area contributed by atoms with Gasteiger partial charge in [0.1, 0.15) is 0 Å². The molecule has 0 aliphatic carbocycles. The SMILES string of the molecule is Cc1ccc(N2CCCC3(CCCNC3)C2=O)cc1.Cl. The van der Waals surface area contributed by atoms with Crippen LogP contribution in [0.3, 0.4) is 0 Å². The Morgan fingerprint density at radius 2 is 1.85 bits per heavy atom. The average Bonchev–Trinajstić information content (AvgIpc) is 2.44. The molecule has 110 valence electrons. The van der Waals surface area contributed by atoms with Gasteiger partial charge in [0.05, 0.1) is 5.41 Å². The van der Waals surface area contributed by atoms with E-state index in [9.17, 15) is 4.79 Å². The van der Waals surface area contributed by atoms with Gasteiger partial charge < -0.3 is 10.2 Å². The minimum absolute atomic E-state index is 0. The minimum atomic E-state index is -0.138. The topological polar surface area (TPSA) is 32.3 Å². The Balaban J connectivity index is 0.00000147. The van der Waals surface area contributed by atoms with E-state index in [2.05, 4.69) is 36.5 Å². The Labute approximate surface area is 127 Å². The highest BCUT2D eigenvalue weighted by Gasteiger charge is 2.44. The zero-order valence-corrected chi connectivity index (χ0v) is 12.8. The molecule has 3 rings (SSSR count). The lowest BCUT2D eigenvalue weighted by Gasteiger charge is -2.44. The highest BCUT2D eigenvalue weighted by Crippen LogP contribution is 2.38. The third-order valence-corrected chi connectivity index (χ3v) is 4.55. The number of hydrogen-bond donors (Lipinski definition) is 1. The molecule has 1 N–H and O–H groups in total. The fourth-order valence-electron chi connectivity index (χ4n) is 3.41. The molecule has 1 aromatic carbocycles. The van der Waals surface area contributed by atoms with Crippen molar-refractivity contribution in [1.29, 1.82) is 0 Å². The number of nitrogens with zero attached hydrogens (tertiary/aromatic N) is 1. The molecule has 2 heterocycles. The lowest BCUT2D eigenvalue weighted by atomic mass is 9.73. The molecule has 1 aromatic rings. The van der Waals surface area contributed by atoms with E-state index in [0.717, 1.165) is 51.0 Å². The Morgan fingerprint density at radius 1 is 1.15 bits per heavy atom. The fourth-order valence-corrected chi connectivity index (χ4v) is 3.41. The number of aryl methyl sites for hydroxylation is 1. The second kappa shape index (κ2) is 6.15. The summed E-state index contributed by atoms with van der Waals surface area (Å²) in [6.07, 6.45) is 4.32. The smallest absolute Gasteiger partial charge is 0.234 e. The third-order valence-electron chi connectivity index (χ3n) is 4.55. The zero-order valence-electron chi connectivity index (χ0n) is 12.0. The van der Waals surface area contributed by atoms with Gasteiger partial charge in [0.25, 0.3) is 0 Å². The van der Waals surface area contributed by atoms with Crippen LogP contribution in [0.15, 0.2) is 24.3 Å². The van der Waals surface area contributed by atoms with Crippen LogP contribution in [0.4, 0.5) is 5.69 Å². The maximum Gasteiger partial charge on any atom is 0.234 e. The Morgan fingerprint density at radius 3 is 2.50 bits per heavy atom. The number of carbonyl (C=O) groups excluding carboxylic acids is 1. The van der Waals surface area contributed by atoms with Crippen LogP contribution in [-0.2, 0) is 4.79 Å². The summed E-state index contributed by atoms with van der Waals surface area (Å²) in [5, 5.41) is 3.41. The van der Waals surface area contributed by atoms with Crippen LogP contribution in [0.2, 0.25) is 0 Å². The molecule has 0 saturated carbocycles. The highest BCUT2D eigenvalue weighted by molar-refractivity contribution is 5.98. The largest absolute Gasteiger partial charge is 0.316 e. The molecule has 1 spiro atoms. The summed E-state index contributed by atoms with van der Waals surface area (Å²) in [6.45, 7) is 4.85. The van der Waals surface area contributed by atoms with Crippen LogP contribution in [0.1, 0.15) is 31.2 Å². The van der Waals surface area contributed by atoms with Gasteiger partial charge in [-0.25, -0.2) is 0 Å². The van der Waals surface area contributed by atoms with Gasteiger partial charge >= 0.3 is 0 Å². The van der Waals surface area contributed by atoms with Crippen molar-refractivity contribution in [3.63, 3.8) is 0 Å². The standard InChI is InChI=1S/C16H22N2O.ClH/c1-13-4-6-14(7-5-13)18-11-3-9-16(15(18)19)8-2-10-17-12-16;/h4-7,17H,2-3,8-12H2,1H3;1H. The lowest BCUT2D eigenvalue weighted by Crippen LogP contribution is -2.55. The van der Waals surface area contributed by atoms with E-state index < -0.39 is 0 Å². The van der Waals surface area contributed by atoms with Gasteiger partial charge in [0.2, 0.25) is 5.91 Å². The molecule has 0 aromatic heterocycles. The monoisotopic (exact) mass is 294 g/mol. The van der Waals surface area contributed by atoms with Crippen LogP contribution < -0.4 is 10.2 Å². The number of hydrogen-bond acceptors (Lipinski definition) is 2. The summed E-state index contributed by atoms with van der Waals surface area (Å²) in [7, 11) is 0. The fraction of sp³-hybridized carbons (Fsp3) is 0.562. The molecule has 2 aliphatic heterocycles. The summed E-state index contributed by atoms with van der Waals surface area (Å²) in [5.41, 5.74) is 2.16. The number of rotatable bonds is 1. The van der Waals surface area contributed by atoms with Crippen LogP contribution in [0.25, 0.3) is 0 Å². The third kappa shape index (κ3) is 2.70. The highest BCUT2D eigenvalue weighted by atomic mass is 35.5. The van der Waals surface area contributed by atoms with Crippen molar-refractivity contribution < 1.29 is 4.79 Å². The predicted molar refractivity (Wildman–Crippen MR) is 84.6 cm³/mol. The number of halogens is 1. The molecular weight excluding hydrogens is 272 g/mol. The molecule has 20 heavy (non-hydrogen) atoms. The van der Waals surface area contributed by atoms with Crippen molar-refractivity contribution in [2.24, 2.45) is 5.41 Å². The first-order valence-corrected chi connectivity index (χ1v) is 7.31.